The van der Waals surface area contributed by atoms with Gasteiger partial charge in [-0.2, -0.15) is 0 Å². The van der Waals surface area contributed by atoms with E-state index < -0.39 is 0 Å². The molecule has 4 aromatic heterocycles. The van der Waals surface area contributed by atoms with Gasteiger partial charge in [0, 0.05) is 29.9 Å². The van der Waals surface area contributed by atoms with E-state index in [2.05, 4.69) is 33.9 Å². The molecule has 0 aliphatic rings. The molecule has 0 atom stereocenters. The summed E-state index contributed by atoms with van der Waals surface area (Å²) in [6, 6.07) is 3.89. The first-order valence-electron chi connectivity index (χ1n) is 8.21. The number of rotatable bonds is 4. The SMILES string of the molecule is Cc1nnc(CN(C)c2nc(-c3cccnc3)nc3sc(C)c(C)c23)s1. The van der Waals surface area contributed by atoms with Crippen LogP contribution >= 0.6 is 22.7 Å². The molecule has 4 heterocycles. The van der Waals surface area contributed by atoms with Gasteiger partial charge in [-0.3, -0.25) is 4.98 Å². The molecule has 4 rings (SSSR count). The molecule has 0 saturated heterocycles. The van der Waals surface area contributed by atoms with Crippen LogP contribution in [0.3, 0.4) is 0 Å². The van der Waals surface area contributed by atoms with Crippen LogP contribution in [0.2, 0.25) is 0 Å². The van der Waals surface area contributed by atoms with Crippen LogP contribution < -0.4 is 4.90 Å². The molecule has 0 spiro atoms. The maximum absolute atomic E-state index is 4.89. The number of hydrogen-bond acceptors (Lipinski definition) is 8. The van der Waals surface area contributed by atoms with Gasteiger partial charge in [-0.25, -0.2) is 9.97 Å². The van der Waals surface area contributed by atoms with E-state index in [-0.39, 0.29) is 0 Å². The minimum Gasteiger partial charge on any atom is -0.352 e. The van der Waals surface area contributed by atoms with E-state index in [0.29, 0.717) is 12.4 Å². The van der Waals surface area contributed by atoms with Crippen molar-refractivity contribution in [3.63, 3.8) is 0 Å². The Morgan fingerprint density at radius 2 is 1.92 bits per heavy atom. The average Bonchev–Trinajstić information content (AvgIpc) is 3.18. The van der Waals surface area contributed by atoms with Gasteiger partial charge in [-0.05, 0) is 38.5 Å². The van der Waals surface area contributed by atoms with E-state index in [1.807, 2.05) is 26.1 Å². The molecular weight excluding hydrogens is 364 g/mol. The van der Waals surface area contributed by atoms with Gasteiger partial charge in [0.1, 0.15) is 20.7 Å². The quantitative estimate of drug-likeness (QED) is 0.528. The van der Waals surface area contributed by atoms with Crippen LogP contribution in [0, 0.1) is 20.8 Å². The van der Waals surface area contributed by atoms with E-state index in [9.17, 15) is 0 Å². The predicted molar refractivity (Wildman–Crippen MR) is 107 cm³/mol. The van der Waals surface area contributed by atoms with Crippen molar-refractivity contribution in [1.82, 2.24) is 25.1 Å². The van der Waals surface area contributed by atoms with Crippen molar-refractivity contribution < 1.29 is 0 Å². The molecule has 26 heavy (non-hydrogen) atoms. The van der Waals surface area contributed by atoms with E-state index >= 15 is 0 Å². The molecule has 0 unspecified atom stereocenters. The maximum Gasteiger partial charge on any atom is 0.164 e. The highest BCUT2D eigenvalue weighted by Crippen LogP contribution is 2.36. The van der Waals surface area contributed by atoms with Gasteiger partial charge in [0.2, 0.25) is 0 Å². The number of aromatic nitrogens is 5. The van der Waals surface area contributed by atoms with Gasteiger partial charge in [-0.1, -0.05) is 11.3 Å². The summed E-state index contributed by atoms with van der Waals surface area (Å²) >= 11 is 3.32. The molecule has 0 amide bonds. The summed E-state index contributed by atoms with van der Waals surface area (Å²) in [5.74, 6) is 1.62. The summed E-state index contributed by atoms with van der Waals surface area (Å²) in [5.41, 5.74) is 2.15. The van der Waals surface area contributed by atoms with Crippen LogP contribution in [0.15, 0.2) is 24.5 Å². The molecule has 0 radical (unpaired) electrons. The Morgan fingerprint density at radius 3 is 2.62 bits per heavy atom. The number of hydrogen-bond donors (Lipinski definition) is 0. The molecule has 0 N–H and O–H groups in total. The van der Waals surface area contributed by atoms with Gasteiger partial charge in [0.25, 0.3) is 0 Å². The Hall–Kier alpha value is -2.45. The number of aryl methyl sites for hydroxylation is 3. The largest absolute Gasteiger partial charge is 0.352 e. The molecule has 4 aromatic rings. The minimum atomic E-state index is 0.665. The molecule has 0 fully saturated rings. The number of pyridine rings is 1. The lowest BCUT2D eigenvalue weighted by Crippen LogP contribution is -2.18. The topological polar surface area (TPSA) is 67.7 Å². The predicted octanol–water partition coefficient (Wildman–Crippen LogP) is 4.17. The summed E-state index contributed by atoms with van der Waals surface area (Å²) in [6.07, 6.45) is 3.55. The second kappa shape index (κ2) is 6.69. The zero-order valence-electron chi connectivity index (χ0n) is 15.0. The molecule has 0 saturated carbocycles. The molecule has 0 aliphatic carbocycles. The molecular formula is C18H18N6S2. The average molecular weight is 383 g/mol. The van der Waals surface area contributed by atoms with Crippen LogP contribution in [0.4, 0.5) is 5.82 Å². The van der Waals surface area contributed by atoms with Gasteiger partial charge in [0.05, 0.1) is 11.9 Å². The van der Waals surface area contributed by atoms with Crippen LogP contribution in [0.25, 0.3) is 21.6 Å². The summed E-state index contributed by atoms with van der Waals surface area (Å²) in [4.78, 5) is 18.3. The Balaban J connectivity index is 1.85. The van der Waals surface area contributed by atoms with E-state index in [1.54, 1.807) is 35.1 Å². The first-order valence-corrected chi connectivity index (χ1v) is 9.84. The highest BCUT2D eigenvalue weighted by atomic mass is 32.1. The lowest BCUT2D eigenvalue weighted by molar-refractivity contribution is 0.863. The van der Waals surface area contributed by atoms with Crippen LogP contribution in [-0.2, 0) is 6.54 Å². The summed E-state index contributed by atoms with van der Waals surface area (Å²) in [5, 5.41) is 11.4. The van der Waals surface area contributed by atoms with Crippen molar-refractivity contribution >= 4 is 38.7 Å². The van der Waals surface area contributed by atoms with Crippen LogP contribution in [-0.4, -0.2) is 32.2 Å². The maximum atomic E-state index is 4.89. The first kappa shape index (κ1) is 17.0. The van der Waals surface area contributed by atoms with Crippen molar-refractivity contribution in [2.24, 2.45) is 0 Å². The normalized spacial score (nSPS) is 11.2. The Morgan fingerprint density at radius 1 is 1.08 bits per heavy atom. The molecule has 0 aromatic carbocycles. The number of fused-ring (bicyclic) bond motifs is 1. The monoisotopic (exact) mass is 382 g/mol. The standard InChI is InChI=1S/C18H18N6S2/c1-10-11(2)25-18-15(10)17(24(4)9-14-23-22-12(3)26-14)20-16(21-18)13-6-5-7-19-8-13/h5-8H,9H2,1-4H3. The second-order valence-corrected chi connectivity index (χ2v) is 8.62. The number of thiophene rings is 1. The smallest absolute Gasteiger partial charge is 0.164 e. The zero-order valence-corrected chi connectivity index (χ0v) is 16.6. The third kappa shape index (κ3) is 3.06. The Kier molecular flexibility index (Phi) is 4.37. The lowest BCUT2D eigenvalue weighted by Gasteiger charge is -2.18. The number of nitrogens with zero attached hydrogens (tertiary/aromatic N) is 6. The lowest BCUT2D eigenvalue weighted by atomic mass is 10.2. The summed E-state index contributed by atoms with van der Waals surface area (Å²) in [7, 11) is 2.04. The second-order valence-electron chi connectivity index (χ2n) is 6.15. The fourth-order valence-electron chi connectivity index (χ4n) is 2.81. The van der Waals surface area contributed by atoms with Crippen molar-refractivity contribution in [3.05, 3.63) is 45.0 Å². The van der Waals surface area contributed by atoms with Gasteiger partial charge >= 0.3 is 0 Å². The van der Waals surface area contributed by atoms with Crippen LogP contribution in [0.5, 0.6) is 0 Å². The van der Waals surface area contributed by atoms with Gasteiger partial charge < -0.3 is 4.90 Å². The fourth-order valence-corrected chi connectivity index (χ4v) is 4.59. The molecule has 132 valence electrons. The third-order valence-electron chi connectivity index (χ3n) is 4.23. The van der Waals surface area contributed by atoms with Crippen molar-refractivity contribution in [2.75, 3.05) is 11.9 Å². The van der Waals surface area contributed by atoms with E-state index in [1.165, 1.54) is 10.4 Å². The van der Waals surface area contributed by atoms with Crippen LogP contribution in [0.1, 0.15) is 20.5 Å². The third-order valence-corrected chi connectivity index (χ3v) is 6.16. The Bertz CT molecular complexity index is 1070. The summed E-state index contributed by atoms with van der Waals surface area (Å²) in [6.45, 7) is 6.90. The molecule has 8 heteroatoms. The van der Waals surface area contributed by atoms with Gasteiger partial charge in [-0.15, -0.1) is 21.5 Å². The van der Waals surface area contributed by atoms with E-state index in [0.717, 1.165) is 31.6 Å². The molecule has 6 nitrogen and oxygen atoms in total. The minimum absolute atomic E-state index is 0.665. The van der Waals surface area contributed by atoms with Crippen molar-refractivity contribution in [1.29, 1.82) is 0 Å². The zero-order chi connectivity index (χ0) is 18.3. The highest BCUT2D eigenvalue weighted by Gasteiger charge is 2.19. The fraction of sp³-hybridized carbons (Fsp3) is 0.278. The molecule has 0 bridgehead atoms. The van der Waals surface area contributed by atoms with Crippen molar-refractivity contribution in [3.8, 4) is 11.4 Å². The van der Waals surface area contributed by atoms with Crippen molar-refractivity contribution in [2.45, 2.75) is 27.3 Å². The highest BCUT2D eigenvalue weighted by molar-refractivity contribution is 7.18. The summed E-state index contributed by atoms with van der Waals surface area (Å²) < 4.78 is 0. The van der Waals surface area contributed by atoms with Gasteiger partial charge in [0.15, 0.2) is 5.82 Å². The Labute approximate surface area is 159 Å². The number of anilines is 1. The first-order chi connectivity index (χ1) is 12.5. The van der Waals surface area contributed by atoms with E-state index in [4.69, 9.17) is 9.97 Å². The molecule has 0 aliphatic heterocycles.